The molecule has 0 unspecified atom stereocenters. The minimum Gasteiger partial charge on any atom is -0.481 e. The quantitative estimate of drug-likeness (QED) is 0.718. The van der Waals surface area contributed by atoms with Gasteiger partial charge in [-0.3, -0.25) is 4.79 Å². The smallest absolute Gasteiger partial charge is 0.312 e. The fourth-order valence-corrected chi connectivity index (χ4v) is 7.55. The molecule has 128 valence electrons. The number of rotatable bonds is 1. The van der Waals surface area contributed by atoms with E-state index in [-0.39, 0.29) is 11.3 Å². The molecule has 0 aromatic carbocycles. The van der Waals surface area contributed by atoms with Crippen molar-refractivity contribution in [3.63, 3.8) is 0 Å². The van der Waals surface area contributed by atoms with Crippen LogP contribution in [-0.2, 0) is 4.79 Å². The van der Waals surface area contributed by atoms with E-state index < -0.39 is 17.5 Å². The van der Waals surface area contributed by atoms with Crippen molar-refractivity contribution in [2.75, 3.05) is 0 Å². The number of hydrogen-bond donors (Lipinski definition) is 2. The standard InChI is InChI=1S/C20H30O3/c1-12-10-20-9-6-14-18(2,15(20)5-4-13(12)11-20)8-7-16(21)19(14,3)17(22)23/h13-16,21H,1,4-11H2,2-3H3,(H,22,23)/t13-,14-,15-,16+,18+,19-,20+/m0/s1. The Hall–Kier alpha value is -0.830. The lowest BCUT2D eigenvalue weighted by Crippen LogP contribution is -2.62. The molecule has 0 amide bonds. The minimum absolute atomic E-state index is 0.0558. The summed E-state index contributed by atoms with van der Waals surface area (Å²) in [4.78, 5) is 12.1. The highest BCUT2D eigenvalue weighted by Gasteiger charge is 2.67. The topological polar surface area (TPSA) is 57.5 Å². The van der Waals surface area contributed by atoms with Crippen molar-refractivity contribution in [1.29, 1.82) is 0 Å². The Morgan fingerprint density at radius 3 is 2.57 bits per heavy atom. The monoisotopic (exact) mass is 318 g/mol. The van der Waals surface area contributed by atoms with Crippen LogP contribution in [0, 0.1) is 34.0 Å². The SMILES string of the molecule is C=C1C[C@@]23CC[C@H]4[C@@](C)(CC[C@@H](O)[C@@]4(C)C(=O)O)[C@@H]2CC[C@H]1C3. The molecule has 4 aliphatic rings. The summed E-state index contributed by atoms with van der Waals surface area (Å²) in [6, 6.07) is 0. The Kier molecular flexibility index (Phi) is 3.15. The van der Waals surface area contributed by atoms with Crippen molar-refractivity contribution in [3.05, 3.63) is 12.2 Å². The van der Waals surface area contributed by atoms with Gasteiger partial charge >= 0.3 is 5.97 Å². The van der Waals surface area contributed by atoms with Gasteiger partial charge in [0, 0.05) is 0 Å². The summed E-state index contributed by atoms with van der Waals surface area (Å²) in [6.45, 7) is 8.49. The highest BCUT2D eigenvalue weighted by atomic mass is 16.4. The van der Waals surface area contributed by atoms with Gasteiger partial charge in [0.15, 0.2) is 0 Å². The maximum atomic E-state index is 12.1. The highest BCUT2D eigenvalue weighted by molar-refractivity contribution is 5.76. The first-order valence-electron chi connectivity index (χ1n) is 9.33. The van der Waals surface area contributed by atoms with Crippen LogP contribution in [0.15, 0.2) is 12.2 Å². The largest absolute Gasteiger partial charge is 0.481 e. The molecule has 4 saturated carbocycles. The minimum atomic E-state index is -0.985. The number of carboxylic acids is 1. The number of aliphatic carboxylic acids is 1. The van der Waals surface area contributed by atoms with Crippen molar-refractivity contribution < 1.29 is 15.0 Å². The summed E-state index contributed by atoms with van der Waals surface area (Å²) < 4.78 is 0. The number of hydrogen-bond acceptors (Lipinski definition) is 2. The summed E-state index contributed by atoms with van der Waals surface area (Å²) in [7, 11) is 0. The van der Waals surface area contributed by atoms with E-state index in [1.807, 2.05) is 0 Å². The zero-order chi connectivity index (χ0) is 16.6. The van der Waals surface area contributed by atoms with E-state index in [1.165, 1.54) is 24.8 Å². The number of allylic oxidation sites excluding steroid dienone is 1. The van der Waals surface area contributed by atoms with Crippen LogP contribution >= 0.6 is 0 Å². The van der Waals surface area contributed by atoms with Gasteiger partial charge in [0.25, 0.3) is 0 Å². The van der Waals surface area contributed by atoms with E-state index in [2.05, 4.69) is 13.5 Å². The molecule has 0 saturated heterocycles. The van der Waals surface area contributed by atoms with E-state index >= 15 is 0 Å². The Balaban J connectivity index is 1.76. The fourth-order valence-electron chi connectivity index (χ4n) is 7.55. The van der Waals surface area contributed by atoms with Crippen molar-refractivity contribution in [1.82, 2.24) is 0 Å². The lowest BCUT2D eigenvalue weighted by Gasteiger charge is -2.64. The van der Waals surface area contributed by atoms with Gasteiger partial charge in [0.05, 0.1) is 11.5 Å². The van der Waals surface area contributed by atoms with Crippen molar-refractivity contribution in [2.45, 2.75) is 71.3 Å². The van der Waals surface area contributed by atoms with Gasteiger partial charge in [0.1, 0.15) is 0 Å². The van der Waals surface area contributed by atoms with Gasteiger partial charge in [-0.15, -0.1) is 0 Å². The van der Waals surface area contributed by atoms with Crippen LogP contribution in [0.5, 0.6) is 0 Å². The number of aliphatic hydroxyl groups is 1. The van der Waals surface area contributed by atoms with Gasteiger partial charge in [-0.1, -0.05) is 19.1 Å². The first kappa shape index (κ1) is 15.7. The first-order valence-corrected chi connectivity index (χ1v) is 9.33. The second kappa shape index (κ2) is 4.62. The molecule has 4 rings (SSSR count). The molecule has 0 heterocycles. The normalized spacial score (nSPS) is 55.2. The Bertz CT molecular complexity index is 569. The molecule has 1 spiro atoms. The van der Waals surface area contributed by atoms with Crippen LogP contribution in [-0.4, -0.2) is 22.3 Å². The summed E-state index contributed by atoms with van der Waals surface area (Å²) >= 11 is 0. The van der Waals surface area contributed by atoms with Crippen molar-refractivity contribution in [3.8, 4) is 0 Å². The average Bonchev–Trinajstić information content (AvgIpc) is 2.73. The summed E-state index contributed by atoms with van der Waals surface area (Å²) in [5.41, 5.74) is 0.903. The summed E-state index contributed by atoms with van der Waals surface area (Å²) in [5.74, 6) is 0.612. The lowest BCUT2D eigenvalue weighted by molar-refractivity contribution is -0.204. The second-order valence-corrected chi connectivity index (χ2v) is 9.47. The van der Waals surface area contributed by atoms with E-state index in [0.29, 0.717) is 23.7 Å². The van der Waals surface area contributed by atoms with Gasteiger partial charge in [-0.05, 0) is 86.9 Å². The predicted molar refractivity (Wildman–Crippen MR) is 88.8 cm³/mol. The summed E-state index contributed by atoms with van der Waals surface area (Å²) in [5, 5.41) is 20.4. The van der Waals surface area contributed by atoms with Crippen LogP contribution in [0.4, 0.5) is 0 Å². The predicted octanol–water partition coefficient (Wildman–Crippen LogP) is 4.01. The van der Waals surface area contributed by atoms with Gasteiger partial charge in [0.2, 0.25) is 0 Å². The molecule has 0 aromatic rings. The number of aliphatic hydroxyl groups excluding tert-OH is 1. The molecular weight excluding hydrogens is 288 g/mol. The lowest BCUT2D eigenvalue weighted by atomic mass is 9.40. The molecule has 2 bridgehead atoms. The Labute approximate surface area is 139 Å². The van der Waals surface area contributed by atoms with E-state index in [1.54, 1.807) is 6.92 Å². The maximum Gasteiger partial charge on any atom is 0.312 e. The fraction of sp³-hybridized carbons (Fsp3) is 0.850. The highest BCUT2D eigenvalue weighted by Crippen LogP contribution is 2.72. The third kappa shape index (κ3) is 1.78. The number of carbonyl (C=O) groups is 1. The van der Waals surface area contributed by atoms with Crippen LogP contribution < -0.4 is 0 Å². The molecule has 0 aliphatic heterocycles. The molecule has 4 aliphatic carbocycles. The van der Waals surface area contributed by atoms with Crippen molar-refractivity contribution in [2.24, 2.45) is 34.0 Å². The molecule has 2 N–H and O–H groups in total. The molecule has 4 fully saturated rings. The number of carboxylic acid groups (broad SMARTS) is 1. The van der Waals surface area contributed by atoms with Crippen LogP contribution in [0.2, 0.25) is 0 Å². The molecule has 23 heavy (non-hydrogen) atoms. The van der Waals surface area contributed by atoms with Gasteiger partial charge in [-0.2, -0.15) is 0 Å². The molecule has 0 radical (unpaired) electrons. The van der Waals surface area contributed by atoms with E-state index in [4.69, 9.17) is 0 Å². The molecule has 7 atom stereocenters. The Morgan fingerprint density at radius 2 is 1.87 bits per heavy atom. The molecule has 3 nitrogen and oxygen atoms in total. The van der Waals surface area contributed by atoms with E-state index in [9.17, 15) is 15.0 Å². The first-order chi connectivity index (χ1) is 10.7. The summed E-state index contributed by atoms with van der Waals surface area (Å²) in [6.07, 6.45) is 7.89. The molecular formula is C20H30O3. The van der Waals surface area contributed by atoms with Gasteiger partial charge < -0.3 is 10.2 Å². The third-order valence-corrected chi connectivity index (χ3v) is 8.71. The van der Waals surface area contributed by atoms with E-state index in [0.717, 1.165) is 25.7 Å². The second-order valence-electron chi connectivity index (χ2n) is 9.47. The van der Waals surface area contributed by atoms with Crippen LogP contribution in [0.25, 0.3) is 0 Å². The maximum absolute atomic E-state index is 12.1. The van der Waals surface area contributed by atoms with Gasteiger partial charge in [-0.25, -0.2) is 0 Å². The average molecular weight is 318 g/mol. The Morgan fingerprint density at radius 1 is 1.13 bits per heavy atom. The number of fused-ring (bicyclic) bond motifs is 3. The third-order valence-electron chi connectivity index (χ3n) is 8.71. The molecule has 3 heteroatoms. The van der Waals surface area contributed by atoms with Crippen molar-refractivity contribution >= 4 is 5.97 Å². The molecule has 0 aromatic heterocycles. The zero-order valence-electron chi connectivity index (χ0n) is 14.5. The van der Waals surface area contributed by atoms with Crippen LogP contribution in [0.1, 0.15) is 65.2 Å². The zero-order valence-corrected chi connectivity index (χ0v) is 14.5. The van der Waals surface area contributed by atoms with Crippen LogP contribution in [0.3, 0.4) is 0 Å².